The van der Waals surface area contributed by atoms with Crippen LogP contribution in [-0.2, 0) is 6.42 Å². The number of pyridine rings is 1. The van der Waals surface area contributed by atoms with E-state index in [1.54, 1.807) is 6.33 Å². The lowest BCUT2D eigenvalue weighted by Crippen LogP contribution is -2.45. The highest BCUT2D eigenvalue weighted by Crippen LogP contribution is 2.24. The Kier molecular flexibility index (Phi) is 8.27. The van der Waals surface area contributed by atoms with Crippen molar-refractivity contribution in [3.63, 3.8) is 0 Å². The Morgan fingerprint density at radius 2 is 2.19 bits per heavy atom. The Hall–Kier alpha value is -1.71. The van der Waals surface area contributed by atoms with Crippen LogP contribution >= 0.6 is 24.0 Å². The van der Waals surface area contributed by atoms with Crippen molar-refractivity contribution < 1.29 is 0 Å². The molecule has 3 heterocycles. The molecule has 0 aromatic carbocycles. The Bertz CT molecular complexity index is 679. The summed E-state index contributed by atoms with van der Waals surface area (Å²) >= 11 is 0. The fraction of sp³-hybridized carbons (Fsp3) is 0.556. The molecule has 0 atom stereocenters. The molecule has 2 aromatic heterocycles. The van der Waals surface area contributed by atoms with Crippen LogP contribution in [0.15, 0.2) is 29.8 Å². The molecule has 7 nitrogen and oxygen atoms in total. The molecule has 0 radical (unpaired) electrons. The van der Waals surface area contributed by atoms with E-state index in [4.69, 9.17) is 4.99 Å². The zero-order chi connectivity index (χ0) is 17.5. The third-order valence-electron chi connectivity index (χ3n) is 4.73. The van der Waals surface area contributed by atoms with Crippen LogP contribution in [0.5, 0.6) is 0 Å². The van der Waals surface area contributed by atoms with Crippen molar-refractivity contribution in [2.45, 2.75) is 39.0 Å². The van der Waals surface area contributed by atoms with Crippen molar-refractivity contribution in [3.8, 4) is 0 Å². The van der Waals surface area contributed by atoms with Gasteiger partial charge in [0, 0.05) is 44.5 Å². The van der Waals surface area contributed by atoms with Gasteiger partial charge in [0.1, 0.15) is 12.2 Å². The number of rotatable bonds is 5. The minimum atomic E-state index is 0. The van der Waals surface area contributed by atoms with Gasteiger partial charge < -0.3 is 10.2 Å². The summed E-state index contributed by atoms with van der Waals surface area (Å²) in [6.45, 7) is 7.87. The normalized spacial score (nSPS) is 15.6. The third-order valence-corrected chi connectivity index (χ3v) is 4.73. The molecule has 1 aliphatic heterocycles. The molecule has 1 fully saturated rings. The fourth-order valence-electron chi connectivity index (χ4n) is 3.27. The summed E-state index contributed by atoms with van der Waals surface area (Å²) in [6, 6.07) is 2.08. The first-order valence-corrected chi connectivity index (χ1v) is 9.06. The molecule has 2 N–H and O–H groups in total. The van der Waals surface area contributed by atoms with Crippen molar-refractivity contribution in [1.29, 1.82) is 0 Å². The molecule has 1 aliphatic rings. The fourth-order valence-corrected chi connectivity index (χ4v) is 3.27. The van der Waals surface area contributed by atoms with E-state index >= 15 is 0 Å². The Balaban J connectivity index is 0.00000243. The second kappa shape index (κ2) is 10.4. The summed E-state index contributed by atoms with van der Waals surface area (Å²) < 4.78 is 0. The first-order chi connectivity index (χ1) is 12.3. The standard InChI is InChI=1S/C18H27N7.HI/c1-3-20-18(21-9-5-15-4-8-19-12-14(15)2)25-10-6-16(7-11-25)17-22-13-23-24-17;/h4,8,12-13,16H,3,5-7,9-11H2,1-2H3,(H,20,21)(H,22,23,24);1H. The van der Waals surface area contributed by atoms with E-state index in [9.17, 15) is 0 Å². The number of aliphatic imine (C=N–C) groups is 1. The summed E-state index contributed by atoms with van der Waals surface area (Å²) in [5.74, 6) is 2.50. The lowest BCUT2D eigenvalue weighted by Gasteiger charge is -2.33. The second-order valence-electron chi connectivity index (χ2n) is 6.42. The first kappa shape index (κ1) is 20.6. The van der Waals surface area contributed by atoms with Gasteiger partial charge in [-0.25, -0.2) is 4.98 Å². The van der Waals surface area contributed by atoms with Gasteiger partial charge in [0.2, 0.25) is 0 Å². The number of H-pyrrole nitrogens is 1. The highest BCUT2D eigenvalue weighted by atomic mass is 127. The van der Waals surface area contributed by atoms with Gasteiger partial charge >= 0.3 is 0 Å². The summed E-state index contributed by atoms with van der Waals surface area (Å²) in [5, 5.41) is 10.4. The Labute approximate surface area is 172 Å². The van der Waals surface area contributed by atoms with E-state index in [-0.39, 0.29) is 24.0 Å². The summed E-state index contributed by atoms with van der Waals surface area (Å²) in [5.41, 5.74) is 2.55. The van der Waals surface area contributed by atoms with Crippen molar-refractivity contribution >= 4 is 29.9 Å². The zero-order valence-electron chi connectivity index (χ0n) is 15.5. The zero-order valence-corrected chi connectivity index (χ0v) is 17.8. The monoisotopic (exact) mass is 469 g/mol. The van der Waals surface area contributed by atoms with Crippen molar-refractivity contribution in [1.82, 2.24) is 30.4 Å². The van der Waals surface area contributed by atoms with E-state index in [2.05, 4.69) is 50.3 Å². The van der Waals surface area contributed by atoms with Crippen LogP contribution in [0.2, 0.25) is 0 Å². The number of piperidine rings is 1. The number of aromatic amines is 1. The summed E-state index contributed by atoms with van der Waals surface area (Å²) in [7, 11) is 0. The third kappa shape index (κ3) is 5.39. The molecule has 8 heteroatoms. The minimum absolute atomic E-state index is 0. The number of nitrogens with zero attached hydrogens (tertiary/aromatic N) is 5. The van der Waals surface area contributed by atoms with Crippen LogP contribution in [0.25, 0.3) is 0 Å². The summed E-state index contributed by atoms with van der Waals surface area (Å²) in [4.78, 5) is 15.6. The number of halogens is 1. The molecule has 0 bridgehead atoms. The molecule has 0 amide bonds. The molecule has 26 heavy (non-hydrogen) atoms. The van der Waals surface area contributed by atoms with E-state index in [1.807, 2.05) is 12.4 Å². The van der Waals surface area contributed by atoms with Crippen LogP contribution in [-0.4, -0.2) is 57.2 Å². The number of guanidine groups is 1. The number of hydrogen-bond acceptors (Lipinski definition) is 4. The van der Waals surface area contributed by atoms with Crippen LogP contribution in [0, 0.1) is 6.92 Å². The lowest BCUT2D eigenvalue weighted by atomic mass is 9.96. The highest BCUT2D eigenvalue weighted by molar-refractivity contribution is 14.0. The Morgan fingerprint density at radius 1 is 1.38 bits per heavy atom. The van der Waals surface area contributed by atoms with Gasteiger partial charge in [0.05, 0.1) is 0 Å². The van der Waals surface area contributed by atoms with Crippen LogP contribution in [0.3, 0.4) is 0 Å². The van der Waals surface area contributed by atoms with Gasteiger partial charge in [0.25, 0.3) is 0 Å². The molecule has 0 saturated carbocycles. The molecule has 3 rings (SSSR count). The van der Waals surface area contributed by atoms with Crippen LogP contribution < -0.4 is 5.32 Å². The SMILES string of the molecule is CCNC(=NCCc1ccncc1C)N1CCC(c2ncn[nH]2)CC1.I. The van der Waals surface area contributed by atoms with Crippen LogP contribution in [0.1, 0.15) is 42.6 Å². The second-order valence-corrected chi connectivity index (χ2v) is 6.42. The van der Waals surface area contributed by atoms with Crippen molar-refractivity contribution in [2.24, 2.45) is 4.99 Å². The first-order valence-electron chi connectivity index (χ1n) is 9.06. The van der Waals surface area contributed by atoms with Crippen molar-refractivity contribution in [3.05, 3.63) is 41.7 Å². The number of hydrogen-bond donors (Lipinski definition) is 2. The average Bonchev–Trinajstić information content (AvgIpc) is 3.17. The van der Waals surface area contributed by atoms with Gasteiger partial charge in [0.15, 0.2) is 5.96 Å². The maximum absolute atomic E-state index is 4.84. The topological polar surface area (TPSA) is 82.1 Å². The van der Waals surface area contributed by atoms with Gasteiger partial charge in [-0.05, 0) is 50.3 Å². The van der Waals surface area contributed by atoms with Crippen LogP contribution in [0.4, 0.5) is 0 Å². The summed E-state index contributed by atoms with van der Waals surface area (Å²) in [6.07, 6.45) is 8.45. The number of aromatic nitrogens is 4. The molecular formula is C18H28IN7. The van der Waals surface area contributed by atoms with E-state index in [1.165, 1.54) is 11.1 Å². The van der Waals surface area contributed by atoms with E-state index in [0.717, 1.165) is 57.2 Å². The molecule has 0 unspecified atom stereocenters. The number of nitrogens with one attached hydrogen (secondary N) is 2. The van der Waals surface area contributed by atoms with Gasteiger partial charge in [-0.1, -0.05) is 0 Å². The molecule has 142 valence electrons. The van der Waals surface area contributed by atoms with E-state index < -0.39 is 0 Å². The Morgan fingerprint density at radius 3 is 2.85 bits per heavy atom. The molecule has 0 aliphatic carbocycles. The van der Waals surface area contributed by atoms with Gasteiger partial charge in [-0.2, -0.15) is 5.10 Å². The van der Waals surface area contributed by atoms with Crippen molar-refractivity contribution in [2.75, 3.05) is 26.2 Å². The number of likely N-dealkylation sites (tertiary alicyclic amines) is 1. The maximum atomic E-state index is 4.84. The largest absolute Gasteiger partial charge is 0.357 e. The van der Waals surface area contributed by atoms with Gasteiger partial charge in [-0.15, -0.1) is 24.0 Å². The highest BCUT2D eigenvalue weighted by Gasteiger charge is 2.24. The number of aryl methyl sites for hydroxylation is 1. The quantitative estimate of drug-likeness (QED) is 0.400. The predicted molar refractivity (Wildman–Crippen MR) is 114 cm³/mol. The molecular weight excluding hydrogens is 441 g/mol. The molecule has 1 saturated heterocycles. The smallest absolute Gasteiger partial charge is 0.193 e. The van der Waals surface area contributed by atoms with Gasteiger partial charge in [-0.3, -0.25) is 15.1 Å². The van der Waals surface area contributed by atoms with E-state index in [0.29, 0.717) is 5.92 Å². The maximum Gasteiger partial charge on any atom is 0.193 e. The predicted octanol–water partition coefficient (Wildman–Crippen LogP) is 2.51. The molecule has 0 spiro atoms. The molecule has 2 aromatic rings. The average molecular weight is 469 g/mol. The minimum Gasteiger partial charge on any atom is -0.357 e. The lowest BCUT2D eigenvalue weighted by molar-refractivity contribution is 0.299.